The molecule has 0 spiro atoms. The van der Waals surface area contributed by atoms with Gasteiger partial charge in [-0.25, -0.2) is 0 Å². The summed E-state index contributed by atoms with van der Waals surface area (Å²) in [7, 11) is 0. The zero-order chi connectivity index (χ0) is 7.84. The standard InChI is InChI=1S/C5H4N2OS3/c1-9-4-2-3(8)6-10-5(2)11-7-4/h1H3,(H,6,8). The van der Waals surface area contributed by atoms with Gasteiger partial charge in [0.1, 0.15) is 14.4 Å². The molecule has 0 atom stereocenters. The Hall–Kier alpha value is -0.330. The van der Waals surface area contributed by atoms with Crippen molar-refractivity contribution in [3.8, 4) is 0 Å². The van der Waals surface area contributed by atoms with Crippen molar-refractivity contribution in [2.45, 2.75) is 5.03 Å². The van der Waals surface area contributed by atoms with Crippen molar-refractivity contribution in [3.63, 3.8) is 0 Å². The van der Waals surface area contributed by atoms with E-state index in [1.807, 2.05) is 6.26 Å². The lowest BCUT2D eigenvalue weighted by atomic mass is 10.5. The molecule has 0 aromatic carbocycles. The molecule has 1 N–H and O–H groups in total. The van der Waals surface area contributed by atoms with Gasteiger partial charge in [0, 0.05) is 0 Å². The van der Waals surface area contributed by atoms with E-state index in [-0.39, 0.29) is 5.56 Å². The molecule has 0 saturated heterocycles. The number of fused-ring (bicyclic) bond motifs is 1. The van der Waals surface area contributed by atoms with Crippen LogP contribution in [0.3, 0.4) is 0 Å². The monoisotopic (exact) mass is 204 g/mol. The van der Waals surface area contributed by atoms with Crippen molar-refractivity contribution in [2.24, 2.45) is 0 Å². The van der Waals surface area contributed by atoms with Gasteiger partial charge in [-0.3, -0.25) is 9.17 Å². The van der Waals surface area contributed by atoms with E-state index in [0.29, 0.717) is 0 Å². The van der Waals surface area contributed by atoms with Gasteiger partial charge in [0.25, 0.3) is 5.56 Å². The third kappa shape index (κ3) is 1.02. The number of rotatable bonds is 1. The molecule has 0 unspecified atom stereocenters. The molecule has 2 heterocycles. The van der Waals surface area contributed by atoms with Crippen molar-refractivity contribution >= 4 is 44.2 Å². The zero-order valence-electron chi connectivity index (χ0n) is 5.58. The van der Waals surface area contributed by atoms with Crippen LogP contribution < -0.4 is 5.56 Å². The Kier molecular flexibility index (Phi) is 1.74. The van der Waals surface area contributed by atoms with Crippen molar-refractivity contribution in [1.82, 2.24) is 8.75 Å². The maximum absolute atomic E-state index is 11.1. The maximum atomic E-state index is 11.1. The molecule has 11 heavy (non-hydrogen) atoms. The number of aromatic nitrogens is 2. The minimum Gasteiger partial charge on any atom is -0.276 e. The predicted octanol–water partition coefficient (Wildman–Crippen LogP) is 1.77. The smallest absolute Gasteiger partial charge is 0.269 e. The SMILES string of the molecule is CSc1nsc2s[nH]c(=O)c12. The van der Waals surface area contributed by atoms with Crippen LogP contribution in [-0.4, -0.2) is 15.0 Å². The average Bonchev–Trinajstić information content (AvgIpc) is 2.54. The molecule has 6 heteroatoms. The summed E-state index contributed by atoms with van der Waals surface area (Å²) in [6, 6.07) is 0. The minimum absolute atomic E-state index is 0.0110. The first-order valence-electron chi connectivity index (χ1n) is 2.84. The summed E-state index contributed by atoms with van der Waals surface area (Å²) in [4.78, 5) is 11.1. The van der Waals surface area contributed by atoms with Gasteiger partial charge in [-0.2, -0.15) is 4.37 Å². The van der Waals surface area contributed by atoms with Gasteiger partial charge in [0.05, 0.1) is 0 Å². The van der Waals surface area contributed by atoms with Crippen molar-refractivity contribution < 1.29 is 0 Å². The van der Waals surface area contributed by atoms with Crippen molar-refractivity contribution in [2.75, 3.05) is 6.26 Å². The summed E-state index contributed by atoms with van der Waals surface area (Å²) in [5, 5.41) is 1.60. The highest BCUT2D eigenvalue weighted by molar-refractivity contribution is 7.98. The summed E-state index contributed by atoms with van der Waals surface area (Å²) in [6.07, 6.45) is 1.92. The Bertz CT molecular complexity index is 426. The Morgan fingerprint density at radius 1 is 1.64 bits per heavy atom. The Morgan fingerprint density at radius 3 is 3.18 bits per heavy atom. The topological polar surface area (TPSA) is 45.8 Å². The van der Waals surface area contributed by atoms with Gasteiger partial charge >= 0.3 is 0 Å². The van der Waals surface area contributed by atoms with E-state index >= 15 is 0 Å². The highest BCUT2D eigenvalue weighted by Gasteiger charge is 2.10. The molecule has 2 rings (SSSR count). The van der Waals surface area contributed by atoms with Gasteiger partial charge in [-0.05, 0) is 29.3 Å². The molecule has 0 aliphatic heterocycles. The van der Waals surface area contributed by atoms with Crippen LogP contribution in [0.4, 0.5) is 0 Å². The number of H-pyrrole nitrogens is 1. The largest absolute Gasteiger partial charge is 0.276 e. The van der Waals surface area contributed by atoms with Crippen LogP contribution in [0, 0.1) is 0 Å². The fourth-order valence-electron chi connectivity index (χ4n) is 0.804. The van der Waals surface area contributed by atoms with E-state index in [1.165, 1.54) is 34.8 Å². The van der Waals surface area contributed by atoms with Gasteiger partial charge in [-0.15, -0.1) is 11.8 Å². The lowest BCUT2D eigenvalue weighted by Crippen LogP contribution is -1.96. The van der Waals surface area contributed by atoms with Gasteiger partial charge in [0.15, 0.2) is 0 Å². The molecule has 58 valence electrons. The van der Waals surface area contributed by atoms with Crippen LogP contribution in [0.2, 0.25) is 0 Å². The third-order valence-electron chi connectivity index (χ3n) is 1.29. The van der Waals surface area contributed by atoms with Crippen molar-refractivity contribution in [3.05, 3.63) is 10.4 Å². The molecule has 0 bridgehead atoms. The van der Waals surface area contributed by atoms with E-state index < -0.39 is 0 Å². The molecular weight excluding hydrogens is 200 g/mol. The fourth-order valence-corrected chi connectivity index (χ4v) is 3.24. The second-order valence-corrected chi connectivity index (χ2v) is 4.53. The lowest BCUT2D eigenvalue weighted by Gasteiger charge is -1.81. The molecule has 0 aliphatic carbocycles. The quantitative estimate of drug-likeness (QED) is 0.720. The Labute approximate surface area is 74.8 Å². The second-order valence-electron chi connectivity index (χ2n) is 1.89. The summed E-state index contributed by atoms with van der Waals surface area (Å²) in [5.41, 5.74) is -0.0110. The molecule has 0 fully saturated rings. The second kappa shape index (κ2) is 2.62. The Balaban J connectivity index is 2.91. The summed E-state index contributed by atoms with van der Waals surface area (Å²) in [5.74, 6) is 0. The van der Waals surface area contributed by atoms with E-state index in [0.717, 1.165) is 14.4 Å². The number of aromatic amines is 1. The average molecular weight is 204 g/mol. The zero-order valence-corrected chi connectivity index (χ0v) is 8.03. The van der Waals surface area contributed by atoms with Gasteiger partial charge in [-0.1, -0.05) is 0 Å². The number of thioether (sulfide) groups is 1. The predicted molar refractivity (Wildman–Crippen MR) is 49.9 cm³/mol. The molecule has 2 aromatic rings. The number of hydrogen-bond donors (Lipinski definition) is 1. The van der Waals surface area contributed by atoms with Crippen LogP contribution in [0.5, 0.6) is 0 Å². The fraction of sp³-hybridized carbons (Fsp3) is 0.200. The molecule has 0 amide bonds. The first-order valence-corrected chi connectivity index (χ1v) is 5.65. The molecule has 0 aliphatic rings. The van der Waals surface area contributed by atoms with Crippen LogP contribution in [0.25, 0.3) is 9.40 Å². The molecular formula is C5H4N2OS3. The van der Waals surface area contributed by atoms with Gasteiger partial charge in [0.2, 0.25) is 0 Å². The summed E-state index contributed by atoms with van der Waals surface area (Å²) < 4.78 is 7.79. The minimum atomic E-state index is -0.0110. The summed E-state index contributed by atoms with van der Waals surface area (Å²) in [6.45, 7) is 0. The van der Waals surface area contributed by atoms with Gasteiger partial charge < -0.3 is 0 Å². The van der Waals surface area contributed by atoms with E-state index in [2.05, 4.69) is 8.75 Å². The number of nitrogens with one attached hydrogen (secondary N) is 1. The van der Waals surface area contributed by atoms with Crippen molar-refractivity contribution in [1.29, 1.82) is 0 Å². The molecule has 0 saturated carbocycles. The van der Waals surface area contributed by atoms with E-state index in [4.69, 9.17) is 0 Å². The first kappa shape index (κ1) is 7.33. The lowest BCUT2D eigenvalue weighted by molar-refractivity contribution is 1.31. The van der Waals surface area contributed by atoms with Crippen LogP contribution in [-0.2, 0) is 0 Å². The van der Waals surface area contributed by atoms with Crippen LogP contribution in [0.15, 0.2) is 9.82 Å². The molecule has 2 aromatic heterocycles. The van der Waals surface area contributed by atoms with Crippen LogP contribution >= 0.6 is 34.8 Å². The van der Waals surface area contributed by atoms with E-state index in [9.17, 15) is 4.79 Å². The normalized spacial score (nSPS) is 11.0. The molecule has 0 radical (unpaired) electrons. The van der Waals surface area contributed by atoms with E-state index in [1.54, 1.807) is 0 Å². The maximum Gasteiger partial charge on any atom is 0.269 e. The third-order valence-corrected chi connectivity index (χ3v) is 3.88. The first-order chi connectivity index (χ1) is 5.33. The number of nitrogens with zero attached hydrogens (tertiary/aromatic N) is 1. The summed E-state index contributed by atoms with van der Waals surface area (Å²) >= 11 is 4.24. The highest BCUT2D eigenvalue weighted by atomic mass is 32.2. The highest BCUT2D eigenvalue weighted by Crippen LogP contribution is 2.27. The number of hydrogen-bond acceptors (Lipinski definition) is 5. The van der Waals surface area contributed by atoms with Crippen LogP contribution in [0.1, 0.15) is 0 Å². The Morgan fingerprint density at radius 2 is 2.45 bits per heavy atom. The molecule has 3 nitrogen and oxygen atoms in total.